The average Bonchev–Trinajstić information content (AvgIpc) is 3.07. The van der Waals surface area contributed by atoms with Gasteiger partial charge in [0.15, 0.2) is 0 Å². The summed E-state index contributed by atoms with van der Waals surface area (Å²) >= 11 is 0. The highest BCUT2D eigenvalue weighted by atomic mass is 16.2. The number of nitrogens with zero attached hydrogens (tertiary/aromatic N) is 2. The van der Waals surface area contributed by atoms with Gasteiger partial charge >= 0.3 is 0 Å². The fraction of sp³-hybridized carbons (Fsp3) is 0.467. The van der Waals surface area contributed by atoms with Crippen LogP contribution in [-0.4, -0.2) is 13.0 Å². The quantitative estimate of drug-likeness (QED) is 0.800. The lowest BCUT2D eigenvalue weighted by atomic mass is 10.0. The summed E-state index contributed by atoms with van der Waals surface area (Å²) in [5.74, 6) is -0.0694. The highest BCUT2D eigenvalue weighted by Gasteiger charge is 2.52. The van der Waals surface area contributed by atoms with E-state index in [-0.39, 0.29) is 5.91 Å². The molecule has 0 unspecified atom stereocenters. The van der Waals surface area contributed by atoms with Crippen LogP contribution in [0.5, 0.6) is 0 Å². The summed E-state index contributed by atoms with van der Waals surface area (Å²) in [5, 5.41) is 9.11. The smallest absolute Gasteiger partial charge is 0.247 e. The van der Waals surface area contributed by atoms with E-state index in [0.29, 0.717) is 12.8 Å². The Labute approximate surface area is 108 Å². The third kappa shape index (κ3) is 1.88. The van der Waals surface area contributed by atoms with E-state index in [9.17, 15) is 4.79 Å². The lowest BCUT2D eigenvalue weighted by Gasteiger charge is -2.24. The molecular formula is C15H18N2O. The number of carbonyl (C=O) groups excluding carboxylic acids is 1. The third-order valence-corrected chi connectivity index (χ3v) is 3.65. The van der Waals surface area contributed by atoms with Crippen molar-refractivity contribution in [3.8, 4) is 6.07 Å². The number of rotatable bonds is 2. The van der Waals surface area contributed by atoms with Crippen LogP contribution in [0.4, 0.5) is 5.69 Å². The number of nitriles is 1. The van der Waals surface area contributed by atoms with Gasteiger partial charge in [-0.15, -0.1) is 0 Å². The molecule has 2 rings (SSSR count). The molecule has 3 heteroatoms. The van der Waals surface area contributed by atoms with E-state index in [1.807, 2.05) is 20.8 Å². The van der Waals surface area contributed by atoms with E-state index in [0.717, 1.165) is 16.8 Å². The Morgan fingerprint density at radius 2 is 1.78 bits per heavy atom. The van der Waals surface area contributed by atoms with Crippen molar-refractivity contribution in [2.45, 2.75) is 33.6 Å². The fourth-order valence-electron chi connectivity index (χ4n) is 2.62. The maximum absolute atomic E-state index is 12.4. The van der Waals surface area contributed by atoms with Crippen molar-refractivity contribution in [2.75, 3.05) is 11.9 Å². The summed E-state index contributed by atoms with van der Waals surface area (Å²) < 4.78 is 0. The minimum atomic E-state index is -0.751. The van der Waals surface area contributed by atoms with Gasteiger partial charge in [-0.05, 0) is 44.7 Å². The van der Waals surface area contributed by atoms with Crippen LogP contribution in [0.25, 0.3) is 0 Å². The highest BCUT2D eigenvalue weighted by molar-refractivity contribution is 6.01. The van der Waals surface area contributed by atoms with Gasteiger partial charge in [0.05, 0.1) is 6.07 Å². The fourth-order valence-corrected chi connectivity index (χ4v) is 2.62. The lowest BCUT2D eigenvalue weighted by Crippen LogP contribution is -2.34. The molecular weight excluding hydrogens is 224 g/mol. The van der Waals surface area contributed by atoms with Crippen LogP contribution in [0, 0.1) is 37.5 Å². The maximum Gasteiger partial charge on any atom is 0.247 e. The van der Waals surface area contributed by atoms with Crippen LogP contribution in [0.3, 0.4) is 0 Å². The Kier molecular flexibility index (Phi) is 2.90. The highest BCUT2D eigenvalue weighted by Crippen LogP contribution is 2.47. The van der Waals surface area contributed by atoms with Crippen molar-refractivity contribution < 1.29 is 4.79 Å². The van der Waals surface area contributed by atoms with Gasteiger partial charge < -0.3 is 4.90 Å². The molecule has 0 atom stereocenters. The first kappa shape index (κ1) is 12.6. The summed E-state index contributed by atoms with van der Waals surface area (Å²) in [7, 11) is 1.77. The molecule has 1 aliphatic carbocycles. The normalized spacial score (nSPS) is 15.9. The molecule has 0 radical (unpaired) electrons. The van der Waals surface area contributed by atoms with E-state index in [4.69, 9.17) is 5.26 Å². The second kappa shape index (κ2) is 4.13. The molecule has 18 heavy (non-hydrogen) atoms. The molecule has 0 bridgehead atoms. The predicted octanol–water partition coefficient (Wildman–Crippen LogP) is 2.88. The number of carbonyl (C=O) groups is 1. The molecule has 3 nitrogen and oxygen atoms in total. The van der Waals surface area contributed by atoms with Crippen LogP contribution in [0.1, 0.15) is 29.5 Å². The number of benzene rings is 1. The van der Waals surface area contributed by atoms with E-state index in [1.54, 1.807) is 11.9 Å². The van der Waals surface area contributed by atoms with Crippen LogP contribution >= 0.6 is 0 Å². The van der Waals surface area contributed by atoms with Gasteiger partial charge in [-0.25, -0.2) is 0 Å². The van der Waals surface area contributed by atoms with E-state index in [2.05, 4.69) is 18.2 Å². The molecule has 0 N–H and O–H groups in total. The topological polar surface area (TPSA) is 44.1 Å². The Hall–Kier alpha value is -1.82. The monoisotopic (exact) mass is 242 g/mol. The van der Waals surface area contributed by atoms with E-state index >= 15 is 0 Å². The second-order valence-corrected chi connectivity index (χ2v) is 5.31. The molecule has 1 aliphatic rings. The van der Waals surface area contributed by atoms with Crippen molar-refractivity contribution in [1.82, 2.24) is 0 Å². The summed E-state index contributed by atoms with van der Waals surface area (Å²) in [6, 6.07) is 6.30. The molecule has 1 saturated carbocycles. The minimum absolute atomic E-state index is 0.0694. The van der Waals surface area contributed by atoms with Crippen LogP contribution in [0.15, 0.2) is 12.1 Å². The molecule has 1 aromatic carbocycles. The standard InChI is InChI=1S/C15H18N2O/c1-10-7-11(2)13(12(3)8-10)17(4)14(18)15(9-16)5-6-15/h7-8H,5-6H2,1-4H3. The minimum Gasteiger partial charge on any atom is -0.314 e. The van der Waals surface area contributed by atoms with Crippen LogP contribution < -0.4 is 4.90 Å². The summed E-state index contributed by atoms with van der Waals surface area (Å²) in [6.07, 6.45) is 1.38. The molecule has 1 amide bonds. The van der Waals surface area contributed by atoms with Crippen LogP contribution in [-0.2, 0) is 4.79 Å². The van der Waals surface area contributed by atoms with Gasteiger partial charge in [-0.2, -0.15) is 5.26 Å². The Balaban J connectivity index is 2.39. The van der Waals surface area contributed by atoms with Gasteiger partial charge in [0, 0.05) is 12.7 Å². The molecule has 0 saturated heterocycles. The molecule has 1 fully saturated rings. The molecule has 0 heterocycles. The molecule has 1 aromatic rings. The first-order valence-corrected chi connectivity index (χ1v) is 6.18. The van der Waals surface area contributed by atoms with Crippen molar-refractivity contribution in [3.63, 3.8) is 0 Å². The zero-order valence-corrected chi connectivity index (χ0v) is 11.4. The molecule has 94 valence electrons. The summed E-state index contributed by atoms with van der Waals surface area (Å²) in [4.78, 5) is 14.0. The van der Waals surface area contributed by atoms with Crippen molar-refractivity contribution >= 4 is 11.6 Å². The van der Waals surface area contributed by atoms with E-state index in [1.165, 1.54) is 5.56 Å². The van der Waals surface area contributed by atoms with Crippen molar-refractivity contribution in [1.29, 1.82) is 5.26 Å². The second-order valence-electron chi connectivity index (χ2n) is 5.31. The summed E-state index contributed by atoms with van der Waals surface area (Å²) in [5.41, 5.74) is 3.54. The van der Waals surface area contributed by atoms with Gasteiger partial charge in [-0.1, -0.05) is 17.7 Å². The van der Waals surface area contributed by atoms with Gasteiger partial charge in [0.1, 0.15) is 5.41 Å². The zero-order chi connectivity index (χ0) is 13.5. The number of amides is 1. The zero-order valence-electron chi connectivity index (χ0n) is 11.4. The van der Waals surface area contributed by atoms with Gasteiger partial charge in [0.2, 0.25) is 5.91 Å². The van der Waals surface area contributed by atoms with Crippen molar-refractivity contribution in [2.24, 2.45) is 5.41 Å². The van der Waals surface area contributed by atoms with Crippen LogP contribution in [0.2, 0.25) is 0 Å². The Bertz CT molecular complexity index is 527. The SMILES string of the molecule is Cc1cc(C)c(N(C)C(=O)C2(C#N)CC2)c(C)c1. The first-order chi connectivity index (χ1) is 8.41. The molecule has 0 aliphatic heterocycles. The molecule has 0 spiro atoms. The number of hydrogen-bond donors (Lipinski definition) is 0. The van der Waals surface area contributed by atoms with E-state index < -0.39 is 5.41 Å². The van der Waals surface area contributed by atoms with Gasteiger partial charge in [-0.3, -0.25) is 4.79 Å². The predicted molar refractivity (Wildman–Crippen MR) is 71.3 cm³/mol. The largest absolute Gasteiger partial charge is 0.314 e. The van der Waals surface area contributed by atoms with Gasteiger partial charge in [0.25, 0.3) is 0 Å². The lowest BCUT2D eigenvalue weighted by molar-refractivity contribution is -0.121. The molecule has 0 aromatic heterocycles. The average molecular weight is 242 g/mol. The Morgan fingerprint density at radius 1 is 1.28 bits per heavy atom. The number of aryl methyl sites for hydroxylation is 3. The maximum atomic E-state index is 12.4. The third-order valence-electron chi connectivity index (χ3n) is 3.65. The summed E-state index contributed by atoms with van der Waals surface area (Å²) in [6.45, 7) is 6.05. The number of hydrogen-bond acceptors (Lipinski definition) is 2. The first-order valence-electron chi connectivity index (χ1n) is 6.18. The Morgan fingerprint density at radius 3 is 2.17 bits per heavy atom. The van der Waals surface area contributed by atoms with Crippen molar-refractivity contribution in [3.05, 3.63) is 28.8 Å². The number of anilines is 1.